The van der Waals surface area contributed by atoms with Crippen LogP contribution in [-0.2, 0) is 14.8 Å². The van der Waals surface area contributed by atoms with Crippen LogP contribution in [0.25, 0.3) is 0 Å². The summed E-state index contributed by atoms with van der Waals surface area (Å²) in [5.41, 5.74) is 3.12. The minimum Gasteiger partial charge on any atom is -0.465 e. The van der Waals surface area contributed by atoms with Crippen molar-refractivity contribution in [3.63, 3.8) is 0 Å². The Morgan fingerprint density at radius 2 is 1.74 bits per heavy atom. The molecular formula is C17H19NO4S. The minimum atomic E-state index is -3.81. The van der Waals surface area contributed by atoms with E-state index in [-0.39, 0.29) is 10.5 Å². The lowest BCUT2D eigenvalue weighted by Gasteiger charge is -2.14. The predicted molar refractivity (Wildman–Crippen MR) is 89.2 cm³/mol. The van der Waals surface area contributed by atoms with Gasteiger partial charge >= 0.3 is 5.97 Å². The summed E-state index contributed by atoms with van der Waals surface area (Å²) < 4.78 is 32.6. The normalized spacial score (nSPS) is 11.1. The molecule has 0 bridgehead atoms. The van der Waals surface area contributed by atoms with Crippen molar-refractivity contribution in [3.05, 3.63) is 58.7 Å². The molecule has 2 aromatic rings. The van der Waals surface area contributed by atoms with Crippen molar-refractivity contribution in [2.75, 3.05) is 11.8 Å². The van der Waals surface area contributed by atoms with Gasteiger partial charge in [0.15, 0.2) is 0 Å². The van der Waals surface area contributed by atoms with Crippen molar-refractivity contribution in [3.8, 4) is 0 Å². The first-order chi connectivity index (χ1) is 10.8. The lowest BCUT2D eigenvalue weighted by Crippen LogP contribution is -2.16. The Balaban J connectivity index is 2.47. The molecule has 0 spiro atoms. The number of aryl methyl sites for hydroxylation is 2. The number of hydrogen-bond donors (Lipinski definition) is 1. The Labute approximate surface area is 136 Å². The van der Waals surface area contributed by atoms with E-state index in [9.17, 15) is 13.2 Å². The Kier molecular flexibility index (Phi) is 4.75. The summed E-state index contributed by atoms with van der Waals surface area (Å²) in [6, 6.07) is 9.87. The number of anilines is 1. The number of sulfonamides is 1. The summed E-state index contributed by atoms with van der Waals surface area (Å²) in [6.45, 7) is 5.44. The van der Waals surface area contributed by atoms with E-state index < -0.39 is 16.0 Å². The molecule has 0 saturated carbocycles. The first kappa shape index (κ1) is 17.0. The van der Waals surface area contributed by atoms with Crippen LogP contribution >= 0.6 is 0 Å². The van der Waals surface area contributed by atoms with Crippen LogP contribution in [0.5, 0.6) is 0 Å². The van der Waals surface area contributed by atoms with Crippen LogP contribution in [0.4, 0.5) is 5.69 Å². The Morgan fingerprint density at radius 1 is 1.04 bits per heavy atom. The standard InChI is InChI=1S/C17H19NO4S/c1-11-6-5-7-15(13(11)3)18-23(20,21)16-10-14(17(19)22-4)9-8-12(16)2/h5-10,18H,1-4H3. The smallest absolute Gasteiger partial charge is 0.337 e. The number of benzene rings is 2. The molecule has 6 heteroatoms. The van der Waals surface area contributed by atoms with Gasteiger partial charge in [-0.15, -0.1) is 0 Å². The fourth-order valence-electron chi connectivity index (χ4n) is 2.20. The minimum absolute atomic E-state index is 0.0568. The summed E-state index contributed by atoms with van der Waals surface area (Å²) in [4.78, 5) is 11.7. The summed E-state index contributed by atoms with van der Waals surface area (Å²) in [5, 5.41) is 0. The topological polar surface area (TPSA) is 72.5 Å². The van der Waals surface area contributed by atoms with E-state index in [1.165, 1.54) is 19.2 Å². The van der Waals surface area contributed by atoms with Crippen LogP contribution in [0, 0.1) is 20.8 Å². The van der Waals surface area contributed by atoms with E-state index >= 15 is 0 Å². The highest BCUT2D eigenvalue weighted by molar-refractivity contribution is 7.92. The van der Waals surface area contributed by atoms with Crippen LogP contribution in [0.3, 0.4) is 0 Å². The zero-order valence-electron chi connectivity index (χ0n) is 13.5. The van der Waals surface area contributed by atoms with E-state index in [1.807, 2.05) is 19.9 Å². The highest BCUT2D eigenvalue weighted by Crippen LogP contribution is 2.24. The molecule has 0 aromatic heterocycles. The van der Waals surface area contributed by atoms with Crippen LogP contribution in [0.1, 0.15) is 27.0 Å². The van der Waals surface area contributed by atoms with Crippen molar-refractivity contribution in [2.24, 2.45) is 0 Å². The summed E-state index contributed by atoms with van der Waals surface area (Å²) in [6.07, 6.45) is 0. The van der Waals surface area contributed by atoms with Gasteiger partial charge in [-0.1, -0.05) is 18.2 Å². The number of rotatable bonds is 4. The molecule has 0 atom stereocenters. The molecule has 0 saturated heterocycles. The highest BCUT2D eigenvalue weighted by Gasteiger charge is 2.20. The monoisotopic (exact) mass is 333 g/mol. The SMILES string of the molecule is COC(=O)c1ccc(C)c(S(=O)(=O)Nc2cccc(C)c2C)c1. The fourth-order valence-corrected chi connectivity index (χ4v) is 3.59. The van der Waals surface area contributed by atoms with Crippen LogP contribution in [0.2, 0.25) is 0 Å². The van der Waals surface area contributed by atoms with Crippen molar-refractivity contribution in [2.45, 2.75) is 25.7 Å². The van der Waals surface area contributed by atoms with Gasteiger partial charge in [0, 0.05) is 0 Å². The second-order valence-corrected chi connectivity index (χ2v) is 6.98. The molecule has 122 valence electrons. The number of esters is 1. The molecule has 5 nitrogen and oxygen atoms in total. The summed E-state index contributed by atoms with van der Waals surface area (Å²) in [5.74, 6) is -0.576. The maximum absolute atomic E-state index is 12.7. The van der Waals surface area contributed by atoms with Crippen molar-refractivity contribution in [1.29, 1.82) is 0 Å². The molecule has 0 aliphatic heterocycles. The third-order valence-corrected chi connectivity index (χ3v) is 5.26. The molecule has 0 heterocycles. The van der Waals surface area contributed by atoms with Crippen molar-refractivity contribution in [1.82, 2.24) is 0 Å². The van der Waals surface area contributed by atoms with Gasteiger partial charge in [-0.2, -0.15) is 0 Å². The quantitative estimate of drug-likeness (QED) is 0.872. The van der Waals surface area contributed by atoms with Gasteiger partial charge in [0.05, 0.1) is 23.3 Å². The van der Waals surface area contributed by atoms with Crippen LogP contribution in [-0.4, -0.2) is 21.5 Å². The zero-order chi connectivity index (χ0) is 17.2. The third-order valence-electron chi connectivity index (χ3n) is 3.75. The van der Waals surface area contributed by atoms with Crippen LogP contribution in [0.15, 0.2) is 41.3 Å². The summed E-state index contributed by atoms with van der Waals surface area (Å²) in [7, 11) is -2.55. The molecule has 0 aliphatic rings. The van der Waals surface area contributed by atoms with Gasteiger partial charge in [0.1, 0.15) is 0 Å². The molecule has 0 fully saturated rings. The first-order valence-corrected chi connectivity index (χ1v) is 8.52. The van der Waals surface area contributed by atoms with Gasteiger partial charge in [0.2, 0.25) is 0 Å². The van der Waals surface area contributed by atoms with E-state index in [2.05, 4.69) is 9.46 Å². The molecule has 1 N–H and O–H groups in total. The maximum Gasteiger partial charge on any atom is 0.337 e. The Hall–Kier alpha value is -2.34. The molecule has 0 amide bonds. The van der Waals surface area contributed by atoms with Gasteiger partial charge in [-0.25, -0.2) is 13.2 Å². The lowest BCUT2D eigenvalue weighted by atomic mass is 10.1. The average Bonchev–Trinajstić information content (AvgIpc) is 2.51. The molecule has 2 rings (SSSR count). The lowest BCUT2D eigenvalue weighted by molar-refractivity contribution is 0.0600. The van der Waals surface area contributed by atoms with E-state index in [4.69, 9.17) is 0 Å². The number of nitrogens with one attached hydrogen (secondary N) is 1. The third kappa shape index (κ3) is 3.53. The number of carbonyl (C=O) groups excluding carboxylic acids is 1. The molecule has 0 unspecified atom stereocenters. The van der Waals surface area contributed by atoms with Crippen LogP contribution < -0.4 is 4.72 Å². The van der Waals surface area contributed by atoms with E-state index in [0.717, 1.165) is 11.1 Å². The van der Waals surface area contributed by atoms with Gasteiger partial charge in [-0.05, 0) is 55.7 Å². The molecule has 0 radical (unpaired) electrons. The first-order valence-electron chi connectivity index (χ1n) is 7.04. The maximum atomic E-state index is 12.7. The second kappa shape index (κ2) is 6.42. The average molecular weight is 333 g/mol. The van der Waals surface area contributed by atoms with Gasteiger partial charge < -0.3 is 4.74 Å². The van der Waals surface area contributed by atoms with Gasteiger partial charge in [-0.3, -0.25) is 4.72 Å². The highest BCUT2D eigenvalue weighted by atomic mass is 32.2. The van der Waals surface area contributed by atoms with E-state index in [1.54, 1.807) is 25.1 Å². The number of ether oxygens (including phenoxy) is 1. The number of carbonyl (C=O) groups is 1. The predicted octanol–water partition coefficient (Wildman–Crippen LogP) is 3.20. The summed E-state index contributed by atoms with van der Waals surface area (Å²) >= 11 is 0. The second-order valence-electron chi connectivity index (χ2n) is 5.32. The largest absolute Gasteiger partial charge is 0.465 e. The van der Waals surface area contributed by atoms with Crippen molar-refractivity contribution < 1.29 is 17.9 Å². The molecule has 23 heavy (non-hydrogen) atoms. The Bertz CT molecular complexity index is 857. The fraction of sp³-hybridized carbons (Fsp3) is 0.235. The van der Waals surface area contributed by atoms with Crippen molar-refractivity contribution >= 4 is 21.7 Å². The Morgan fingerprint density at radius 3 is 2.39 bits per heavy atom. The van der Waals surface area contributed by atoms with Gasteiger partial charge in [0.25, 0.3) is 10.0 Å². The van der Waals surface area contributed by atoms with E-state index in [0.29, 0.717) is 11.3 Å². The zero-order valence-corrected chi connectivity index (χ0v) is 14.3. The molecule has 2 aromatic carbocycles. The molecule has 0 aliphatic carbocycles. The molecular weight excluding hydrogens is 314 g/mol. The number of hydrogen-bond acceptors (Lipinski definition) is 4. The number of methoxy groups -OCH3 is 1.